The maximum absolute atomic E-state index is 12.2. The Morgan fingerprint density at radius 1 is 1.23 bits per heavy atom. The molecule has 162 valence electrons. The predicted octanol–water partition coefficient (Wildman–Crippen LogP) is 1.00. The van der Waals surface area contributed by atoms with Crippen LogP contribution in [0.1, 0.15) is 0 Å². The first-order valence-electron chi connectivity index (χ1n) is 9.23. The minimum atomic E-state index is -4.73. The van der Waals surface area contributed by atoms with Gasteiger partial charge in [-0.2, -0.15) is 4.98 Å². The van der Waals surface area contributed by atoms with Crippen molar-refractivity contribution < 1.29 is 32.2 Å². The molecule has 1 aromatic heterocycles. The number of likely N-dealkylation sites (tertiary alicyclic amines) is 1. The lowest BCUT2D eigenvalue weighted by atomic mass is 10.1. The molecule has 0 saturated carbocycles. The molecule has 1 aromatic carbocycles. The Labute approximate surface area is 169 Å². The SMILES string of the molecule is Nc1cn2c(n1)OC[C@@H](NC(=O)CN1CC(Oc3ccc(OC(F)(F)F)cc3)C1)C2. The second-order valence-electron chi connectivity index (χ2n) is 7.13. The molecule has 0 spiro atoms. The van der Waals surface area contributed by atoms with E-state index in [1.54, 1.807) is 10.8 Å². The van der Waals surface area contributed by atoms with Gasteiger partial charge < -0.3 is 25.3 Å². The fourth-order valence-electron chi connectivity index (χ4n) is 3.33. The van der Waals surface area contributed by atoms with E-state index in [-0.39, 0.29) is 30.3 Å². The van der Waals surface area contributed by atoms with Crippen molar-refractivity contribution in [1.29, 1.82) is 0 Å². The normalized spacial score (nSPS) is 19.4. The number of nitrogens with one attached hydrogen (secondary N) is 1. The van der Waals surface area contributed by atoms with Crippen LogP contribution >= 0.6 is 0 Å². The zero-order chi connectivity index (χ0) is 21.3. The minimum absolute atomic E-state index is 0.132. The van der Waals surface area contributed by atoms with E-state index in [0.717, 1.165) is 0 Å². The third-order valence-corrected chi connectivity index (χ3v) is 4.61. The van der Waals surface area contributed by atoms with Gasteiger partial charge in [0.25, 0.3) is 6.01 Å². The molecular formula is C18H20F3N5O4. The van der Waals surface area contributed by atoms with Gasteiger partial charge in [-0.1, -0.05) is 0 Å². The third-order valence-electron chi connectivity index (χ3n) is 4.61. The van der Waals surface area contributed by atoms with Gasteiger partial charge in [-0.3, -0.25) is 14.3 Å². The van der Waals surface area contributed by atoms with E-state index in [1.165, 1.54) is 24.3 Å². The van der Waals surface area contributed by atoms with Crippen LogP contribution in [-0.2, 0) is 11.3 Å². The maximum Gasteiger partial charge on any atom is 0.573 e. The van der Waals surface area contributed by atoms with Crippen LogP contribution < -0.4 is 25.3 Å². The minimum Gasteiger partial charge on any atom is -0.488 e. The van der Waals surface area contributed by atoms with E-state index in [0.29, 0.717) is 43.8 Å². The third kappa shape index (κ3) is 5.06. The van der Waals surface area contributed by atoms with Gasteiger partial charge in [0.2, 0.25) is 5.91 Å². The van der Waals surface area contributed by atoms with E-state index in [1.807, 2.05) is 4.90 Å². The second-order valence-corrected chi connectivity index (χ2v) is 7.13. The molecule has 0 aliphatic carbocycles. The van der Waals surface area contributed by atoms with E-state index < -0.39 is 6.36 Å². The summed E-state index contributed by atoms with van der Waals surface area (Å²) in [6, 6.07) is 5.48. The zero-order valence-corrected chi connectivity index (χ0v) is 15.8. The molecule has 1 saturated heterocycles. The fourth-order valence-corrected chi connectivity index (χ4v) is 3.33. The summed E-state index contributed by atoms with van der Waals surface area (Å²) in [5.41, 5.74) is 5.63. The Kier molecular flexibility index (Phi) is 5.33. The zero-order valence-electron chi connectivity index (χ0n) is 15.8. The van der Waals surface area contributed by atoms with Crippen molar-refractivity contribution in [3.8, 4) is 17.5 Å². The number of nitrogens with zero attached hydrogens (tertiary/aromatic N) is 3. The quantitative estimate of drug-likeness (QED) is 0.709. The number of carbonyl (C=O) groups is 1. The molecule has 0 bridgehead atoms. The van der Waals surface area contributed by atoms with Crippen LogP contribution in [0.25, 0.3) is 0 Å². The first-order chi connectivity index (χ1) is 14.2. The average Bonchev–Trinajstić information content (AvgIpc) is 2.99. The van der Waals surface area contributed by atoms with Crippen molar-refractivity contribution >= 4 is 11.7 Å². The van der Waals surface area contributed by atoms with E-state index >= 15 is 0 Å². The molecule has 3 heterocycles. The van der Waals surface area contributed by atoms with E-state index in [9.17, 15) is 18.0 Å². The highest BCUT2D eigenvalue weighted by molar-refractivity contribution is 5.78. The van der Waals surface area contributed by atoms with Gasteiger partial charge in [0, 0.05) is 13.1 Å². The number of benzene rings is 1. The Morgan fingerprint density at radius 2 is 1.93 bits per heavy atom. The summed E-state index contributed by atoms with van der Waals surface area (Å²) >= 11 is 0. The number of alkyl halides is 3. The maximum atomic E-state index is 12.2. The Morgan fingerprint density at radius 3 is 2.63 bits per heavy atom. The van der Waals surface area contributed by atoms with Gasteiger partial charge in [0.15, 0.2) is 0 Å². The van der Waals surface area contributed by atoms with Gasteiger partial charge >= 0.3 is 6.36 Å². The lowest BCUT2D eigenvalue weighted by Gasteiger charge is -2.38. The van der Waals surface area contributed by atoms with Gasteiger partial charge in [0.1, 0.15) is 30.0 Å². The summed E-state index contributed by atoms with van der Waals surface area (Å²) < 4.78 is 53.2. The molecule has 2 aliphatic rings. The highest BCUT2D eigenvalue weighted by Gasteiger charge is 2.32. The van der Waals surface area contributed by atoms with Crippen LogP contribution in [0.2, 0.25) is 0 Å². The van der Waals surface area contributed by atoms with Crippen LogP contribution in [0.3, 0.4) is 0 Å². The Hall–Kier alpha value is -3.15. The second kappa shape index (κ2) is 7.94. The largest absolute Gasteiger partial charge is 0.573 e. The highest BCUT2D eigenvalue weighted by Crippen LogP contribution is 2.26. The number of nitrogens with two attached hydrogens (primary N) is 1. The van der Waals surface area contributed by atoms with Crippen molar-refractivity contribution in [3.05, 3.63) is 30.5 Å². The van der Waals surface area contributed by atoms with Crippen molar-refractivity contribution in [2.75, 3.05) is 32.0 Å². The van der Waals surface area contributed by atoms with Crippen molar-refractivity contribution in [1.82, 2.24) is 19.8 Å². The van der Waals surface area contributed by atoms with Gasteiger partial charge in [-0.25, -0.2) is 0 Å². The molecule has 4 rings (SSSR count). The number of hydrogen-bond acceptors (Lipinski definition) is 7. The van der Waals surface area contributed by atoms with Crippen LogP contribution in [0, 0.1) is 0 Å². The number of ether oxygens (including phenoxy) is 3. The molecule has 12 heteroatoms. The molecule has 1 atom stereocenters. The molecular weight excluding hydrogens is 407 g/mol. The Balaban J connectivity index is 1.17. The topological polar surface area (TPSA) is 104 Å². The molecule has 1 fully saturated rings. The van der Waals surface area contributed by atoms with Crippen molar-refractivity contribution in [3.63, 3.8) is 0 Å². The number of nitrogen functional groups attached to an aromatic ring is 1. The van der Waals surface area contributed by atoms with Crippen molar-refractivity contribution in [2.24, 2.45) is 0 Å². The number of anilines is 1. The van der Waals surface area contributed by atoms with E-state index in [2.05, 4.69) is 15.0 Å². The number of carbonyl (C=O) groups excluding carboxylic acids is 1. The number of hydrogen-bond donors (Lipinski definition) is 2. The lowest BCUT2D eigenvalue weighted by molar-refractivity contribution is -0.274. The molecule has 0 radical (unpaired) electrons. The number of halogens is 3. The highest BCUT2D eigenvalue weighted by atomic mass is 19.4. The fraction of sp³-hybridized carbons (Fsp3) is 0.444. The first-order valence-corrected chi connectivity index (χ1v) is 9.23. The van der Waals surface area contributed by atoms with Crippen LogP contribution in [0.5, 0.6) is 17.5 Å². The van der Waals surface area contributed by atoms with Gasteiger partial charge in [-0.15, -0.1) is 13.2 Å². The molecule has 3 N–H and O–H groups in total. The molecule has 2 aromatic rings. The number of fused-ring (bicyclic) bond motifs is 1. The summed E-state index contributed by atoms with van der Waals surface area (Å²) in [4.78, 5) is 18.2. The molecule has 30 heavy (non-hydrogen) atoms. The van der Waals surface area contributed by atoms with Crippen LogP contribution in [-0.4, -0.2) is 65.1 Å². The van der Waals surface area contributed by atoms with Crippen LogP contribution in [0.4, 0.5) is 19.0 Å². The number of rotatable bonds is 6. The lowest BCUT2D eigenvalue weighted by Crippen LogP contribution is -2.57. The molecule has 2 aliphatic heterocycles. The number of imidazole rings is 1. The van der Waals surface area contributed by atoms with Crippen LogP contribution in [0.15, 0.2) is 30.5 Å². The van der Waals surface area contributed by atoms with Gasteiger partial charge in [-0.05, 0) is 24.3 Å². The monoisotopic (exact) mass is 427 g/mol. The van der Waals surface area contributed by atoms with Crippen molar-refractivity contribution in [2.45, 2.75) is 25.1 Å². The Bertz CT molecular complexity index is 896. The van der Waals surface area contributed by atoms with Gasteiger partial charge in [0.05, 0.1) is 25.3 Å². The molecule has 1 amide bonds. The summed E-state index contributed by atoms with van der Waals surface area (Å²) in [6.07, 6.45) is -3.20. The number of amides is 1. The van der Waals surface area contributed by atoms with E-state index in [4.69, 9.17) is 15.2 Å². The summed E-state index contributed by atoms with van der Waals surface area (Å²) in [5.74, 6) is 0.366. The standard InChI is InChI=1S/C18H20F3N5O4/c19-18(20,21)30-13-3-1-12(2-4-13)29-14-6-25(7-14)9-16(27)23-11-5-26-8-15(22)24-17(26)28-10-11/h1-4,8,11,14H,5-7,9-10,22H2,(H,23,27)/t11-/m0/s1. The number of aromatic nitrogens is 2. The molecule has 0 unspecified atom stereocenters. The molecule has 9 nitrogen and oxygen atoms in total. The smallest absolute Gasteiger partial charge is 0.488 e. The summed E-state index contributed by atoms with van der Waals surface area (Å²) in [6.45, 7) is 2.15. The first kappa shape index (κ1) is 20.1. The summed E-state index contributed by atoms with van der Waals surface area (Å²) in [7, 11) is 0. The predicted molar refractivity (Wildman–Crippen MR) is 98.0 cm³/mol. The average molecular weight is 427 g/mol. The summed E-state index contributed by atoms with van der Waals surface area (Å²) in [5, 5.41) is 2.92.